The monoisotopic (exact) mass is 624 g/mol. The van der Waals surface area contributed by atoms with Crippen LogP contribution >= 0.6 is 0 Å². The minimum atomic E-state index is 0.806. The van der Waals surface area contributed by atoms with Crippen molar-refractivity contribution in [3.8, 4) is 67.5 Å². The summed E-state index contributed by atoms with van der Waals surface area (Å²) in [4.78, 5) is 30.3. The third-order valence-electron chi connectivity index (χ3n) is 8.51. The topological polar surface area (TPSA) is 77.3 Å². The van der Waals surface area contributed by atoms with Crippen LogP contribution in [0.5, 0.6) is 0 Å². The molecular formula is C42H36N6. The van der Waals surface area contributed by atoms with Crippen LogP contribution in [0.3, 0.4) is 0 Å². The van der Waals surface area contributed by atoms with E-state index in [2.05, 4.69) is 114 Å². The van der Waals surface area contributed by atoms with Gasteiger partial charge in [0.05, 0.1) is 34.2 Å². The lowest BCUT2D eigenvalue weighted by molar-refractivity contribution is 1.21. The van der Waals surface area contributed by atoms with Gasteiger partial charge in [-0.1, -0.05) is 36.4 Å². The molecule has 0 radical (unpaired) electrons. The van der Waals surface area contributed by atoms with Crippen molar-refractivity contribution in [3.63, 3.8) is 0 Å². The van der Waals surface area contributed by atoms with Gasteiger partial charge in [0.25, 0.3) is 0 Å². The lowest BCUT2D eigenvalue weighted by Crippen LogP contribution is -2.06. The Morgan fingerprint density at radius 3 is 0.479 bits per heavy atom. The molecule has 48 heavy (non-hydrogen) atoms. The van der Waals surface area contributed by atoms with E-state index in [1.165, 1.54) is 0 Å². The Labute approximate surface area is 281 Å². The second kappa shape index (κ2) is 12.7. The number of nitrogens with zero attached hydrogens (tertiary/aromatic N) is 6. The molecule has 0 atom stereocenters. The highest BCUT2D eigenvalue weighted by atomic mass is 14.8. The van der Waals surface area contributed by atoms with Crippen molar-refractivity contribution in [1.82, 2.24) is 29.9 Å². The van der Waals surface area contributed by atoms with Gasteiger partial charge in [-0.05, 0) is 111 Å². The highest BCUT2D eigenvalue weighted by Crippen LogP contribution is 2.54. The van der Waals surface area contributed by atoms with Crippen LogP contribution in [0.25, 0.3) is 67.5 Å². The van der Waals surface area contributed by atoms with Gasteiger partial charge in [-0.25, -0.2) is 0 Å². The fourth-order valence-corrected chi connectivity index (χ4v) is 5.98. The van der Waals surface area contributed by atoms with Crippen molar-refractivity contribution >= 4 is 0 Å². The van der Waals surface area contributed by atoms with Gasteiger partial charge in [0.2, 0.25) is 0 Å². The van der Waals surface area contributed by atoms with E-state index in [4.69, 9.17) is 29.9 Å². The molecule has 0 unspecified atom stereocenters. The van der Waals surface area contributed by atoms with Crippen molar-refractivity contribution in [2.45, 2.75) is 41.5 Å². The van der Waals surface area contributed by atoms with Gasteiger partial charge in [0, 0.05) is 70.6 Å². The highest BCUT2D eigenvalue weighted by Gasteiger charge is 2.32. The molecule has 0 fully saturated rings. The van der Waals surface area contributed by atoms with Crippen LogP contribution < -0.4 is 0 Å². The molecule has 6 aromatic heterocycles. The number of pyridine rings is 6. The predicted octanol–water partition coefficient (Wildman–Crippen LogP) is 9.91. The van der Waals surface area contributed by atoms with Gasteiger partial charge in [-0.2, -0.15) is 0 Å². The van der Waals surface area contributed by atoms with Crippen LogP contribution in [0.2, 0.25) is 0 Å². The third-order valence-corrected chi connectivity index (χ3v) is 8.51. The summed E-state index contributed by atoms with van der Waals surface area (Å²) in [5.74, 6) is 0. The maximum Gasteiger partial charge on any atom is 0.0716 e. The van der Waals surface area contributed by atoms with Crippen molar-refractivity contribution in [2.75, 3.05) is 0 Å². The average molecular weight is 625 g/mol. The molecule has 6 heteroatoms. The third kappa shape index (κ3) is 5.89. The first-order valence-corrected chi connectivity index (χ1v) is 16.1. The number of hydrogen-bond donors (Lipinski definition) is 0. The van der Waals surface area contributed by atoms with E-state index < -0.39 is 0 Å². The summed E-state index contributed by atoms with van der Waals surface area (Å²) in [6, 6.07) is 25.1. The number of benzene rings is 1. The predicted molar refractivity (Wildman–Crippen MR) is 194 cm³/mol. The van der Waals surface area contributed by atoms with E-state index in [1.807, 2.05) is 37.2 Å². The number of rotatable bonds is 6. The van der Waals surface area contributed by atoms with Crippen LogP contribution in [0, 0.1) is 41.5 Å². The minimum Gasteiger partial charge on any atom is -0.256 e. The zero-order chi connectivity index (χ0) is 33.4. The first kappa shape index (κ1) is 30.8. The maximum absolute atomic E-state index is 5.06. The molecule has 7 rings (SSSR count). The summed E-state index contributed by atoms with van der Waals surface area (Å²) < 4.78 is 0. The Hall–Kier alpha value is -5.88. The van der Waals surface area contributed by atoms with Crippen LogP contribution in [0.1, 0.15) is 33.4 Å². The molecular weight excluding hydrogens is 589 g/mol. The SMILES string of the molecule is Cc1ccc(-c2c(-c3ccc(C)cn3)c(-c3ccc(C)cn3)c(-c3ccc(C)cn3)c(-c3ccc(C)cn3)c2-c2ccc(C)cn2)nc1. The van der Waals surface area contributed by atoms with Gasteiger partial charge in [-0.3, -0.25) is 29.9 Å². The molecule has 6 nitrogen and oxygen atoms in total. The highest BCUT2D eigenvalue weighted by molar-refractivity contribution is 6.12. The Balaban J connectivity index is 1.81. The first-order chi connectivity index (χ1) is 23.3. The van der Waals surface area contributed by atoms with E-state index >= 15 is 0 Å². The second-order valence-corrected chi connectivity index (χ2v) is 12.6. The number of aromatic nitrogens is 6. The maximum atomic E-state index is 5.06. The number of aryl methyl sites for hydroxylation is 6. The van der Waals surface area contributed by atoms with Crippen molar-refractivity contribution in [2.24, 2.45) is 0 Å². The largest absolute Gasteiger partial charge is 0.256 e. The van der Waals surface area contributed by atoms with Gasteiger partial charge >= 0.3 is 0 Å². The molecule has 0 aliphatic carbocycles. The van der Waals surface area contributed by atoms with E-state index in [1.54, 1.807) is 0 Å². The summed E-state index contributed by atoms with van der Waals surface area (Å²) >= 11 is 0. The molecule has 0 aliphatic heterocycles. The zero-order valence-electron chi connectivity index (χ0n) is 28.1. The molecule has 1 aromatic carbocycles. The van der Waals surface area contributed by atoms with Crippen LogP contribution in [0.15, 0.2) is 110 Å². The normalized spacial score (nSPS) is 11.1. The quantitative estimate of drug-likeness (QED) is 0.183. The van der Waals surface area contributed by atoms with Crippen molar-refractivity contribution in [1.29, 1.82) is 0 Å². The fraction of sp³-hybridized carbons (Fsp3) is 0.143. The van der Waals surface area contributed by atoms with Gasteiger partial charge in [-0.15, -0.1) is 0 Å². The second-order valence-electron chi connectivity index (χ2n) is 12.6. The Morgan fingerprint density at radius 1 is 0.229 bits per heavy atom. The minimum absolute atomic E-state index is 0.806. The first-order valence-electron chi connectivity index (χ1n) is 16.1. The molecule has 0 saturated heterocycles. The Morgan fingerprint density at radius 2 is 0.375 bits per heavy atom. The van der Waals surface area contributed by atoms with Gasteiger partial charge in [0.1, 0.15) is 0 Å². The molecule has 0 bridgehead atoms. The average Bonchev–Trinajstić information content (AvgIpc) is 3.10. The molecule has 0 spiro atoms. The Bertz CT molecular complexity index is 1780. The summed E-state index contributed by atoms with van der Waals surface area (Å²) in [5, 5.41) is 0. The molecule has 0 N–H and O–H groups in total. The molecule has 7 aromatic rings. The molecule has 0 aliphatic rings. The lowest BCUT2D eigenvalue weighted by atomic mass is 9.78. The molecule has 0 amide bonds. The summed E-state index contributed by atoms with van der Waals surface area (Å²) in [5.41, 5.74) is 16.7. The molecule has 0 saturated carbocycles. The standard InChI is InChI=1S/C42H36N6/c1-25-7-13-31(43-19-25)37-38(32-14-8-26(2)20-44-32)40(34-16-10-28(4)22-46-34)42(36-18-12-30(6)24-48-36)41(35-17-11-29(5)23-47-35)39(37)33-15-9-27(3)21-45-33/h7-24H,1-6H3. The van der Waals surface area contributed by atoms with E-state index in [9.17, 15) is 0 Å². The molecule has 6 heterocycles. The van der Waals surface area contributed by atoms with Crippen molar-refractivity contribution < 1.29 is 0 Å². The summed E-state index contributed by atoms with van der Waals surface area (Å²) in [6.45, 7) is 12.3. The summed E-state index contributed by atoms with van der Waals surface area (Å²) in [6.07, 6.45) is 11.5. The lowest BCUT2D eigenvalue weighted by Gasteiger charge is -2.26. The van der Waals surface area contributed by atoms with Crippen molar-refractivity contribution in [3.05, 3.63) is 143 Å². The van der Waals surface area contributed by atoms with Gasteiger partial charge in [0.15, 0.2) is 0 Å². The van der Waals surface area contributed by atoms with Gasteiger partial charge < -0.3 is 0 Å². The van der Waals surface area contributed by atoms with Crippen LogP contribution in [-0.2, 0) is 0 Å². The van der Waals surface area contributed by atoms with Crippen LogP contribution in [-0.4, -0.2) is 29.9 Å². The van der Waals surface area contributed by atoms with E-state index in [-0.39, 0.29) is 0 Å². The zero-order valence-corrected chi connectivity index (χ0v) is 28.1. The smallest absolute Gasteiger partial charge is 0.0716 e. The summed E-state index contributed by atoms with van der Waals surface area (Å²) in [7, 11) is 0. The fourth-order valence-electron chi connectivity index (χ4n) is 5.98. The Kier molecular flexibility index (Phi) is 8.15. The van der Waals surface area contributed by atoms with E-state index in [0.29, 0.717) is 0 Å². The number of hydrogen-bond acceptors (Lipinski definition) is 6. The van der Waals surface area contributed by atoms with Crippen LogP contribution in [0.4, 0.5) is 0 Å². The van der Waals surface area contributed by atoms with E-state index in [0.717, 1.165) is 101 Å². The molecule has 234 valence electrons.